The lowest BCUT2D eigenvalue weighted by Crippen LogP contribution is -2.20. The number of benzene rings is 2. The minimum atomic E-state index is -0.276. The molecule has 0 fully saturated rings. The van der Waals surface area contributed by atoms with Crippen LogP contribution in [0.4, 0.5) is 5.13 Å². The van der Waals surface area contributed by atoms with Crippen LogP contribution in [-0.2, 0) is 11.2 Å². The van der Waals surface area contributed by atoms with Gasteiger partial charge in [-0.05, 0) is 37.1 Å². The normalized spacial score (nSPS) is 10.9. The van der Waals surface area contributed by atoms with E-state index in [1.165, 1.54) is 16.9 Å². The van der Waals surface area contributed by atoms with E-state index in [9.17, 15) is 4.79 Å². The molecule has 0 unspecified atom stereocenters. The van der Waals surface area contributed by atoms with Gasteiger partial charge in [-0.1, -0.05) is 54.2 Å². The molecule has 0 aliphatic rings. The number of nitrogens with zero attached hydrogens (tertiary/aromatic N) is 4. The minimum absolute atomic E-state index is 0.0870. The lowest BCUT2D eigenvalue weighted by molar-refractivity contribution is -0.118. The Morgan fingerprint density at radius 2 is 2.00 bits per heavy atom. The first-order valence-electron chi connectivity index (χ1n) is 8.93. The zero-order valence-electron chi connectivity index (χ0n) is 15.5. The molecule has 1 amide bonds. The Balaban J connectivity index is 1.43. The van der Waals surface area contributed by atoms with Crippen molar-refractivity contribution in [2.24, 2.45) is 0 Å². The second-order valence-corrected chi connectivity index (χ2v) is 7.29. The predicted octanol–water partition coefficient (Wildman–Crippen LogP) is 3.74. The maximum Gasteiger partial charge on any atom is 0.264 e. The van der Waals surface area contributed by atoms with Gasteiger partial charge in [-0.2, -0.15) is 4.52 Å². The molecule has 2 heterocycles. The molecular weight excluding hydrogens is 374 g/mol. The van der Waals surface area contributed by atoms with E-state index in [2.05, 4.69) is 27.5 Å². The summed E-state index contributed by atoms with van der Waals surface area (Å²) in [4.78, 5) is 12.8. The van der Waals surface area contributed by atoms with Gasteiger partial charge in [0.2, 0.25) is 10.1 Å². The van der Waals surface area contributed by atoms with Crippen molar-refractivity contribution in [3.63, 3.8) is 0 Å². The van der Waals surface area contributed by atoms with Gasteiger partial charge in [0.25, 0.3) is 5.91 Å². The Morgan fingerprint density at radius 1 is 1.18 bits per heavy atom. The molecule has 0 saturated carbocycles. The van der Waals surface area contributed by atoms with Crippen molar-refractivity contribution >= 4 is 27.3 Å². The summed E-state index contributed by atoms with van der Waals surface area (Å²) in [6.45, 7) is 4.02. The van der Waals surface area contributed by atoms with Crippen LogP contribution in [0.2, 0.25) is 0 Å². The van der Waals surface area contributed by atoms with Crippen molar-refractivity contribution < 1.29 is 9.53 Å². The lowest BCUT2D eigenvalue weighted by Gasteiger charge is -2.06. The van der Waals surface area contributed by atoms with E-state index in [1.807, 2.05) is 55.5 Å². The summed E-state index contributed by atoms with van der Waals surface area (Å²) in [6, 6.07) is 15.7. The number of amides is 1. The number of anilines is 1. The molecule has 7 nitrogen and oxygen atoms in total. The first-order chi connectivity index (χ1) is 13.6. The summed E-state index contributed by atoms with van der Waals surface area (Å²) in [5.74, 6) is 1.02. The highest BCUT2D eigenvalue weighted by Gasteiger charge is 2.15. The molecule has 0 radical (unpaired) electrons. The van der Waals surface area contributed by atoms with Gasteiger partial charge >= 0.3 is 0 Å². The second kappa shape index (κ2) is 7.77. The van der Waals surface area contributed by atoms with E-state index in [-0.39, 0.29) is 12.5 Å². The van der Waals surface area contributed by atoms with Crippen LogP contribution in [0.25, 0.3) is 16.3 Å². The Hall–Kier alpha value is -3.26. The number of hydrogen-bond donors (Lipinski definition) is 1. The first kappa shape index (κ1) is 18.1. The van der Waals surface area contributed by atoms with Crippen LogP contribution in [0.1, 0.15) is 18.1 Å². The molecule has 28 heavy (non-hydrogen) atoms. The summed E-state index contributed by atoms with van der Waals surface area (Å²) in [5, 5.41) is 16.0. The number of aromatic nitrogens is 4. The quantitative estimate of drug-likeness (QED) is 0.540. The van der Waals surface area contributed by atoms with Crippen LogP contribution in [-0.4, -0.2) is 32.3 Å². The van der Waals surface area contributed by atoms with Gasteiger partial charge in [-0.25, -0.2) is 0 Å². The number of aryl methyl sites for hydroxylation is 2. The summed E-state index contributed by atoms with van der Waals surface area (Å²) in [7, 11) is 0. The van der Waals surface area contributed by atoms with Crippen LogP contribution in [0.15, 0.2) is 48.5 Å². The molecule has 4 aromatic rings. The van der Waals surface area contributed by atoms with Crippen LogP contribution >= 0.6 is 11.3 Å². The van der Waals surface area contributed by atoms with Crippen molar-refractivity contribution in [3.8, 4) is 17.1 Å². The number of fused-ring (bicyclic) bond motifs is 1. The summed E-state index contributed by atoms with van der Waals surface area (Å²) < 4.78 is 7.17. The fraction of sp³-hybridized carbons (Fsp3) is 0.200. The molecule has 0 atom stereocenters. The first-order valence-corrected chi connectivity index (χ1v) is 9.75. The molecule has 2 aromatic heterocycles. The maximum absolute atomic E-state index is 12.2. The van der Waals surface area contributed by atoms with Crippen LogP contribution in [0.5, 0.6) is 5.75 Å². The molecule has 0 aliphatic heterocycles. The van der Waals surface area contributed by atoms with Gasteiger partial charge < -0.3 is 4.74 Å². The zero-order valence-corrected chi connectivity index (χ0v) is 16.4. The van der Waals surface area contributed by atoms with Crippen molar-refractivity contribution in [1.29, 1.82) is 0 Å². The topological polar surface area (TPSA) is 81.4 Å². The number of rotatable bonds is 6. The molecule has 8 heteroatoms. The van der Waals surface area contributed by atoms with E-state index >= 15 is 0 Å². The third-order valence-corrected chi connectivity index (χ3v) is 5.03. The predicted molar refractivity (Wildman–Crippen MR) is 109 cm³/mol. The van der Waals surface area contributed by atoms with Crippen LogP contribution in [0.3, 0.4) is 0 Å². The van der Waals surface area contributed by atoms with Gasteiger partial charge in [0, 0.05) is 5.56 Å². The molecule has 0 spiro atoms. The van der Waals surface area contributed by atoms with Gasteiger partial charge in [0.1, 0.15) is 5.75 Å². The largest absolute Gasteiger partial charge is 0.484 e. The Bertz CT molecular complexity index is 1120. The summed E-state index contributed by atoms with van der Waals surface area (Å²) in [6.07, 6.45) is 0.964. The Morgan fingerprint density at radius 3 is 2.75 bits per heavy atom. The smallest absolute Gasteiger partial charge is 0.264 e. The molecular formula is C20H19N5O2S. The molecule has 0 aliphatic carbocycles. The zero-order chi connectivity index (χ0) is 19.5. The van der Waals surface area contributed by atoms with Crippen molar-refractivity contribution in [1.82, 2.24) is 19.8 Å². The molecule has 2 aromatic carbocycles. The molecule has 142 valence electrons. The third kappa shape index (κ3) is 3.86. The van der Waals surface area contributed by atoms with Gasteiger partial charge in [0.05, 0.1) is 0 Å². The fourth-order valence-corrected chi connectivity index (χ4v) is 3.51. The number of carbonyl (C=O) groups excluding carboxylic acids is 1. The van der Waals surface area contributed by atoms with Crippen molar-refractivity contribution in [2.45, 2.75) is 20.3 Å². The van der Waals surface area contributed by atoms with Gasteiger partial charge in [0.15, 0.2) is 12.4 Å². The number of carbonyl (C=O) groups is 1. The van der Waals surface area contributed by atoms with E-state index in [0.717, 1.165) is 17.5 Å². The van der Waals surface area contributed by atoms with E-state index in [1.54, 1.807) is 4.52 Å². The third-order valence-electron chi connectivity index (χ3n) is 4.22. The fourth-order valence-electron chi connectivity index (χ4n) is 2.76. The highest BCUT2D eigenvalue weighted by atomic mass is 32.1. The Kier molecular flexibility index (Phi) is 5.03. The van der Waals surface area contributed by atoms with Gasteiger partial charge in [-0.3, -0.25) is 10.1 Å². The lowest BCUT2D eigenvalue weighted by atomic mass is 10.1. The SMILES string of the molecule is CCc1ccc(OCC(=O)Nc2nn3c(-c4cccc(C)c4)nnc3s2)cc1. The Labute approximate surface area is 166 Å². The van der Waals surface area contributed by atoms with Crippen molar-refractivity contribution in [3.05, 3.63) is 59.7 Å². The van der Waals surface area contributed by atoms with Crippen LogP contribution < -0.4 is 10.1 Å². The van der Waals surface area contributed by atoms with Crippen molar-refractivity contribution in [2.75, 3.05) is 11.9 Å². The van der Waals surface area contributed by atoms with E-state index < -0.39 is 0 Å². The van der Waals surface area contributed by atoms with Gasteiger partial charge in [-0.15, -0.1) is 15.3 Å². The van der Waals surface area contributed by atoms with E-state index in [4.69, 9.17) is 4.74 Å². The number of nitrogens with one attached hydrogen (secondary N) is 1. The number of hydrogen-bond acceptors (Lipinski definition) is 6. The average molecular weight is 393 g/mol. The molecule has 4 rings (SSSR count). The minimum Gasteiger partial charge on any atom is -0.484 e. The molecule has 1 N–H and O–H groups in total. The molecule has 0 saturated heterocycles. The summed E-state index contributed by atoms with van der Waals surface area (Å²) >= 11 is 1.26. The van der Waals surface area contributed by atoms with Crippen LogP contribution in [0, 0.1) is 6.92 Å². The van der Waals surface area contributed by atoms with E-state index in [0.29, 0.717) is 21.7 Å². The summed E-state index contributed by atoms with van der Waals surface area (Å²) in [5.41, 5.74) is 3.28. The highest BCUT2D eigenvalue weighted by Crippen LogP contribution is 2.24. The maximum atomic E-state index is 12.2. The number of ether oxygens (including phenoxy) is 1. The monoisotopic (exact) mass is 393 g/mol. The highest BCUT2D eigenvalue weighted by molar-refractivity contribution is 7.20. The molecule has 0 bridgehead atoms. The average Bonchev–Trinajstić information content (AvgIpc) is 3.27. The standard InChI is InChI=1S/C20H19N5O2S/c1-3-14-7-9-16(10-8-14)27-12-17(26)21-19-24-25-18(22-23-20(25)28-19)15-6-4-5-13(2)11-15/h4-11H,3,12H2,1-2H3,(H,21,24,26). The second-order valence-electron chi connectivity index (χ2n) is 6.33.